The van der Waals surface area contributed by atoms with E-state index in [0.29, 0.717) is 12.4 Å². The third-order valence-electron chi connectivity index (χ3n) is 3.03. The van der Waals surface area contributed by atoms with Crippen LogP contribution in [0.25, 0.3) is 0 Å². The number of unbranched alkanes of at least 4 members (excludes halogenated alkanes) is 1. The van der Waals surface area contributed by atoms with Crippen molar-refractivity contribution in [2.24, 2.45) is 5.84 Å². The minimum atomic E-state index is 0.108. The molecule has 0 fully saturated rings. The molecule has 1 rings (SSSR count). The number of aliphatic hydroxyl groups is 1. The summed E-state index contributed by atoms with van der Waals surface area (Å²) in [4.78, 5) is 10.7. The topological polar surface area (TPSA) is 87.3 Å². The largest absolute Gasteiger partial charge is 0.395 e. The van der Waals surface area contributed by atoms with E-state index in [9.17, 15) is 5.11 Å². The van der Waals surface area contributed by atoms with Crippen LogP contribution in [0.3, 0.4) is 0 Å². The average molecular weight is 267 g/mol. The van der Waals surface area contributed by atoms with Gasteiger partial charge >= 0.3 is 0 Å². The summed E-state index contributed by atoms with van der Waals surface area (Å²) >= 11 is 0. The molecule has 19 heavy (non-hydrogen) atoms. The Balaban J connectivity index is 3.13. The Bertz CT molecular complexity index is 383. The molecule has 0 spiro atoms. The lowest BCUT2D eigenvalue weighted by atomic mass is 10.0. The summed E-state index contributed by atoms with van der Waals surface area (Å²) in [6.07, 6.45) is 3.67. The van der Waals surface area contributed by atoms with Gasteiger partial charge in [0, 0.05) is 18.7 Å². The molecular weight excluding hydrogens is 242 g/mol. The van der Waals surface area contributed by atoms with E-state index < -0.39 is 0 Å². The minimum Gasteiger partial charge on any atom is -0.395 e. The molecule has 0 aliphatic carbocycles. The van der Waals surface area contributed by atoms with Gasteiger partial charge < -0.3 is 15.4 Å². The number of hydrogen-bond donors (Lipinski definition) is 3. The van der Waals surface area contributed by atoms with Crippen molar-refractivity contribution in [1.29, 1.82) is 0 Å². The third kappa shape index (κ3) is 4.04. The van der Waals surface area contributed by atoms with Gasteiger partial charge in [0.05, 0.1) is 6.61 Å². The van der Waals surface area contributed by atoms with Gasteiger partial charge in [-0.3, -0.25) is 0 Å². The van der Waals surface area contributed by atoms with Crippen LogP contribution in [0.15, 0.2) is 6.33 Å². The second kappa shape index (κ2) is 7.91. The monoisotopic (exact) mass is 267 g/mol. The first-order chi connectivity index (χ1) is 9.15. The fourth-order valence-electron chi connectivity index (χ4n) is 2.08. The summed E-state index contributed by atoms with van der Waals surface area (Å²) in [6.45, 7) is 7.86. The van der Waals surface area contributed by atoms with Crippen LogP contribution in [0, 0.1) is 0 Å². The van der Waals surface area contributed by atoms with Crippen molar-refractivity contribution in [2.75, 3.05) is 30.0 Å². The van der Waals surface area contributed by atoms with Gasteiger partial charge in [-0.25, -0.2) is 15.8 Å². The van der Waals surface area contributed by atoms with E-state index in [1.165, 1.54) is 6.33 Å². The Morgan fingerprint density at radius 1 is 1.37 bits per heavy atom. The van der Waals surface area contributed by atoms with Crippen LogP contribution in [0.4, 0.5) is 11.6 Å². The van der Waals surface area contributed by atoms with Gasteiger partial charge in [-0.05, 0) is 12.3 Å². The highest BCUT2D eigenvalue weighted by Crippen LogP contribution is 2.30. The fraction of sp³-hybridized carbons (Fsp3) is 0.692. The van der Waals surface area contributed by atoms with E-state index in [4.69, 9.17) is 5.84 Å². The van der Waals surface area contributed by atoms with E-state index in [1.807, 2.05) is 0 Å². The first-order valence-corrected chi connectivity index (χ1v) is 6.83. The van der Waals surface area contributed by atoms with E-state index in [0.717, 1.165) is 30.8 Å². The molecule has 6 heteroatoms. The molecule has 0 radical (unpaired) electrons. The molecule has 1 aromatic rings. The number of aliphatic hydroxyl groups excluding tert-OH is 1. The second-order valence-electron chi connectivity index (χ2n) is 4.82. The van der Waals surface area contributed by atoms with Crippen molar-refractivity contribution in [3.63, 3.8) is 0 Å². The fourth-order valence-corrected chi connectivity index (χ4v) is 2.08. The maximum atomic E-state index is 9.23. The van der Waals surface area contributed by atoms with Gasteiger partial charge in [-0.15, -0.1) is 0 Å². The number of anilines is 2. The Morgan fingerprint density at radius 3 is 2.63 bits per heavy atom. The maximum absolute atomic E-state index is 9.23. The highest BCUT2D eigenvalue weighted by atomic mass is 16.3. The Kier molecular flexibility index (Phi) is 6.52. The van der Waals surface area contributed by atoms with E-state index in [1.54, 1.807) is 0 Å². The Hall–Kier alpha value is -1.40. The maximum Gasteiger partial charge on any atom is 0.148 e. The molecule has 0 bridgehead atoms. The molecule has 0 aromatic carbocycles. The second-order valence-corrected chi connectivity index (χ2v) is 4.82. The summed E-state index contributed by atoms with van der Waals surface area (Å²) < 4.78 is 0. The van der Waals surface area contributed by atoms with Crippen LogP contribution in [-0.2, 0) is 0 Å². The number of rotatable bonds is 8. The summed E-state index contributed by atoms with van der Waals surface area (Å²) in [5.74, 6) is 7.29. The molecular formula is C13H25N5O. The highest BCUT2D eigenvalue weighted by molar-refractivity contribution is 5.59. The van der Waals surface area contributed by atoms with Crippen LogP contribution in [0.2, 0.25) is 0 Å². The predicted molar refractivity (Wildman–Crippen MR) is 78.1 cm³/mol. The molecule has 0 atom stereocenters. The molecule has 0 aliphatic rings. The number of hydrogen-bond acceptors (Lipinski definition) is 6. The Labute approximate surface area is 115 Å². The molecule has 6 nitrogen and oxygen atoms in total. The van der Waals surface area contributed by atoms with E-state index >= 15 is 0 Å². The van der Waals surface area contributed by atoms with Crippen molar-refractivity contribution < 1.29 is 5.11 Å². The van der Waals surface area contributed by atoms with Crippen LogP contribution >= 0.6 is 0 Å². The van der Waals surface area contributed by atoms with Gasteiger partial charge in [0.15, 0.2) is 0 Å². The van der Waals surface area contributed by atoms with Gasteiger partial charge in [-0.2, -0.15) is 0 Å². The number of nitrogens with one attached hydrogen (secondary N) is 1. The molecule has 108 valence electrons. The molecule has 0 saturated carbocycles. The SMILES string of the molecule is CCCCN(CCO)c1ncnc(NN)c1C(C)C. The van der Waals surface area contributed by atoms with E-state index in [-0.39, 0.29) is 12.5 Å². The zero-order valence-electron chi connectivity index (χ0n) is 12.1. The number of hydrazine groups is 1. The minimum absolute atomic E-state index is 0.108. The summed E-state index contributed by atoms with van der Waals surface area (Å²) in [5.41, 5.74) is 3.63. The average Bonchev–Trinajstić information content (AvgIpc) is 2.42. The smallest absolute Gasteiger partial charge is 0.148 e. The standard InChI is InChI=1S/C13H25N5O/c1-4-5-6-18(7-8-19)13-11(10(2)3)12(17-14)15-9-16-13/h9-10,19H,4-8,14H2,1-3H3,(H,15,16,17). The quantitative estimate of drug-likeness (QED) is 0.488. The molecule has 0 aliphatic heterocycles. The number of nitrogens with two attached hydrogens (primary N) is 1. The van der Waals surface area contributed by atoms with Gasteiger partial charge in [-0.1, -0.05) is 27.2 Å². The lowest BCUT2D eigenvalue weighted by Gasteiger charge is -2.27. The van der Waals surface area contributed by atoms with Crippen LogP contribution in [-0.4, -0.2) is 34.8 Å². The molecule has 1 aromatic heterocycles. The van der Waals surface area contributed by atoms with Crippen molar-refractivity contribution in [1.82, 2.24) is 9.97 Å². The molecule has 4 N–H and O–H groups in total. The van der Waals surface area contributed by atoms with Crippen molar-refractivity contribution in [2.45, 2.75) is 39.5 Å². The highest BCUT2D eigenvalue weighted by Gasteiger charge is 2.18. The van der Waals surface area contributed by atoms with Gasteiger partial charge in [0.1, 0.15) is 18.0 Å². The van der Waals surface area contributed by atoms with Crippen LogP contribution in [0.5, 0.6) is 0 Å². The summed E-state index contributed by atoms with van der Waals surface area (Å²) in [5, 5.41) is 9.23. The van der Waals surface area contributed by atoms with Crippen molar-refractivity contribution in [3.05, 3.63) is 11.9 Å². The van der Waals surface area contributed by atoms with E-state index in [2.05, 4.69) is 41.1 Å². The molecule has 0 saturated heterocycles. The Morgan fingerprint density at radius 2 is 2.11 bits per heavy atom. The summed E-state index contributed by atoms with van der Waals surface area (Å²) in [6, 6.07) is 0. The van der Waals surface area contributed by atoms with Gasteiger partial charge in [0.25, 0.3) is 0 Å². The number of aromatic nitrogens is 2. The number of nitrogens with zero attached hydrogens (tertiary/aromatic N) is 3. The van der Waals surface area contributed by atoms with Crippen molar-refractivity contribution in [3.8, 4) is 0 Å². The van der Waals surface area contributed by atoms with Gasteiger partial charge in [0.2, 0.25) is 0 Å². The lowest BCUT2D eigenvalue weighted by molar-refractivity contribution is 0.301. The predicted octanol–water partition coefficient (Wildman–Crippen LogP) is 1.48. The molecule has 0 unspecified atom stereocenters. The first-order valence-electron chi connectivity index (χ1n) is 6.83. The molecule has 0 amide bonds. The third-order valence-corrected chi connectivity index (χ3v) is 3.03. The zero-order chi connectivity index (χ0) is 14.3. The van der Waals surface area contributed by atoms with Crippen LogP contribution in [0.1, 0.15) is 45.1 Å². The number of nitrogen functional groups attached to an aromatic ring is 1. The molecule has 1 heterocycles. The van der Waals surface area contributed by atoms with Crippen molar-refractivity contribution >= 4 is 11.6 Å². The van der Waals surface area contributed by atoms with Crippen LogP contribution < -0.4 is 16.2 Å². The normalized spacial score (nSPS) is 10.8. The first kappa shape index (κ1) is 15.7. The summed E-state index contributed by atoms with van der Waals surface area (Å²) in [7, 11) is 0. The lowest BCUT2D eigenvalue weighted by Crippen LogP contribution is -2.30. The zero-order valence-corrected chi connectivity index (χ0v) is 12.1.